The number of nitrogens with one attached hydrogen (secondary N) is 2. The highest BCUT2D eigenvalue weighted by atomic mass is 35.5. The third-order valence-corrected chi connectivity index (χ3v) is 3.76. The van der Waals surface area contributed by atoms with Gasteiger partial charge < -0.3 is 10.6 Å². The van der Waals surface area contributed by atoms with E-state index in [1.807, 2.05) is 0 Å². The van der Waals surface area contributed by atoms with Gasteiger partial charge in [0.1, 0.15) is 6.07 Å². The molecule has 2 aromatic carbocycles. The molecule has 0 saturated carbocycles. The smallest absolute Gasteiger partial charge is 0.276 e. The molecule has 0 saturated heterocycles. The molecule has 1 aromatic heterocycles. The number of nitriles is 1. The van der Waals surface area contributed by atoms with Gasteiger partial charge in [0.25, 0.3) is 5.91 Å². The van der Waals surface area contributed by atoms with Crippen LogP contribution in [0.4, 0.5) is 17.2 Å². The number of rotatable bonds is 4. The minimum atomic E-state index is -0.445. The second-order valence-corrected chi connectivity index (χ2v) is 6.07. The highest BCUT2D eigenvalue weighted by Gasteiger charge is 2.10. The zero-order chi connectivity index (χ0) is 18.5. The van der Waals surface area contributed by atoms with Crippen molar-refractivity contribution in [3.63, 3.8) is 0 Å². The second kappa shape index (κ2) is 7.83. The van der Waals surface area contributed by atoms with E-state index < -0.39 is 5.91 Å². The molecular weight excluding hydrogens is 373 g/mol. The molecule has 0 radical (unpaired) electrons. The van der Waals surface area contributed by atoms with E-state index in [1.165, 1.54) is 6.07 Å². The van der Waals surface area contributed by atoms with Crippen LogP contribution < -0.4 is 10.6 Å². The number of amides is 1. The van der Waals surface area contributed by atoms with Crippen molar-refractivity contribution in [1.82, 2.24) is 10.2 Å². The lowest BCUT2D eigenvalue weighted by molar-refractivity contribution is 0.102. The lowest BCUT2D eigenvalue weighted by Gasteiger charge is -2.08. The minimum Gasteiger partial charge on any atom is -0.338 e. The van der Waals surface area contributed by atoms with Crippen molar-refractivity contribution in [1.29, 1.82) is 5.26 Å². The Morgan fingerprint density at radius 1 is 1.00 bits per heavy atom. The summed E-state index contributed by atoms with van der Waals surface area (Å²) in [5.41, 5.74) is 1.67. The average Bonchev–Trinajstić information content (AvgIpc) is 2.62. The van der Waals surface area contributed by atoms with E-state index in [0.717, 1.165) is 0 Å². The van der Waals surface area contributed by atoms with Gasteiger partial charge in [0.05, 0.1) is 11.3 Å². The number of hydrogen-bond acceptors (Lipinski definition) is 5. The SMILES string of the molecule is N#Cc1ccccc1Nc1ccc(C(=O)Nc2cc(Cl)cc(Cl)c2)nn1. The molecule has 0 bridgehead atoms. The Bertz CT molecular complexity index is 979. The quantitative estimate of drug-likeness (QED) is 0.683. The maximum absolute atomic E-state index is 12.2. The van der Waals surface area contributed by atoms with E-state index in [2.05, 4.69) is 26.9 Å². The second-order valence-electron chi connectivity index (χ2n) is 5.20. The van der Waals surface area contributed by atoms with Gasteiger partial charge in [0.2, 0.25) is 0 Å². The van der Waals surface area contributed by atoms with E-state index in [0.29, 0.717) is 32.8 Å². The molecule has 3 rings (SSSR count). The number of hydrogen-bond donors (Lipinski definition) is 2. The number of benzene rings is 2. The third kappa shape index (κ3) is 4.28. The number of halogens is 2. The van der Waals surface area contributed by atoms with Crippen LogP contribution in [0.1, 0.15) is 16.1 Å². The zero-order valence-corrected chi connectivity index (χ0v) is 14.7. The van der Waals surface area contributed by atoms with Crippen molar-refractivity contribution >= 4 is 46.3 Å². The Morgan fingerprint density at radius 2 is 1.73 bits per heavy atom. The molecular formula is C18H11Cl2N5O. The molecule has 8 heteroatoms. The lowest BCUT2D eigenvalue weighted by atomic mass is 10.2. The van der Waals surface area contributed by atoms with Gasteiger partial charge in [-0.2, -0.15) is 5.26 Å². The molecule has 6 nitrogen and oxygen atoms in total. The van der Waals surface area contributed by atoms with Gasteiger partial charge in [-0.1, -0.05) is 35.3 Å². The molecule has 0 fully saturated rings. The number of para-hydroxylation sites is 1. The summed E-state index contributed by atoms with van der Waals surface area (Å²) in [5, 5.41) is 23.4. The number of carbonyl (C=O) groups is 1. The summed E-state index contributed by atoms with van der Waals surface area (Å²) < 4.78 is 0. The number of aromatic nitrogens is 2. The topological polar surface area (TPSA) is 90.7 Å². The van der Waals surface area contributed by atoms with Crippen molar-refractivity contribution in [2.45, 2.75) is 0 Å². The van der Waals surface area contributed by atoms with Crippen LogP contribution in [0.5, 0.6) is 0 Å². The Balaban J connectivity index is 1.73. The summed E-state index contributed by atoms with van der Waals surface area (Å²) in [7, 11) is 0. The van der Waals surface area contributed by atoms with Crippen LogP contribution in [0.25, 0.3) is 0 Å². The van der Waals surface area contributed by atoms with Gasteiger partial charge >= 0.3 is 0 Å². The first-order valence-corrected chi connectivity index (χ1v) is 8.18. The molecule has 0 aliphatic carbocycles. The Kier molecular flexibility index (Phi) is 5.32. The molecule has 0 aliphatic rings. The Labute approximate surface area is 159 Å². The largest absolute Gasteiger partial charge is 0.338 e. The third-order valence-electron chi connectivity index (χ3n) is 3.33. The fourth-order valence-corrected chi connectivity index (χ4v) is 2.69. The summed E-state index contributed by atoms with van der Waals surface area (Å²) in [6.45, 7) is 0. The van der Waals surface area contributed by atoms with Crippen molar-refractivity contribution in [3.8, 4) is 6.07 Å². The molecule has 2 N–H and O–H groups in total. The molecule has 3 aromatic rings. The van der Waals surface area contributed by atoms with Gasteiger partial charge in [-0.25, -0.2) is 0 Å². The predicted molar refractivity (Wildman–Crippen MR) is 101 cm³/mol. The van der Waals surface area contributed by atoms with Gasteiger partial charge in [-0.3, -0.25) is 4.79 Å². The summed E-state index contributed by atoms with van der Waals surface area (Å²) >= 11 is 11.8. The summed E-state index contributed by atoms with van der Waals surface area (Å²) in [6.07, 6.45) is 0. The van der Waals surface area contributed by atoms with Gasteiger partial charge in [0, 0.05) is 15.7 Å². The summed E-state index contributed by atoms with van der Waals surface area (Å²) in [5.74, 6) is -0.0325. The zero-order valence-electron chi connectivity index (χ0n) is 13.2. The molecule has 0 unspecified atom stereocenters. The standard InChI is InChI=1S/C18H11Cl2N5O/c19-12-7-13(20)9-14(8-12)22-18(26)16-5-6-17(25-24-16)23-15-4-2-1-3-11(15)10-21/h1-9H,(H,22,26)(H,23,25). The van der Waals surface area contributed by atoms with Gasteiger partial charge in [-0.05, 0) is 42.5 Å². The predicted octanol–water partition coefficient (Wildman–Crippen LogP) is 4.65. The van der Waals surface area contributed by atoms with Gasteiger partial charge in [0.15, 0.2) is 11.5 Å². The van der Waals surface area contributed by atoms with Crippen LogP contribution in [-0.2, 0) is 0 Å². The van der Waals surface area contributed by atoms with Crippen molar-refractivity contribution in [3.05, 3.63) is 75.9 Å². The average molecular weight is 384 g/mol. The normalized spacial score (nSPS) is 10.0. The fourth-order valence-electron chi connectivity index (χ4n) is 2.17. The van der Waals surface area contributed by atoms with E-state index in [4.69, 9.17) is 28.5 Å². The van der Waals surface area contributed by atoms with E-state index in [1.54, 1.807) is 48.5 Å². The number of carbonyl (C=O) groups excluding carboxylic acids is 1. The molecule has 1 amide bonds. The molecule has 0 atom stereocenters. The number of anilines is 3. The maximum Gasteiger partial charge on any atom is 0.276 e. The molecule has 0 aliphatic heterocycles. The Hall–Kier alpha value is -3.14. The first-order chi connectivity index (χ1) is 12.5. The minimum absolute atomic E-state index is 0.125. The van der Waals surface area contributed by atoms with Crippen LogP contribution in [0.15, 0.2) is 54.6 Å². The molecule has 0 spiro atoms. The maximum atomic E-state index is 12.2. The Morgan fingerprint density at radius 3 is 2.38 bits per heavy atom. The molecule has 26 heavy (non-hydrogen) atoms. The molecule has 128 valence electrons. The van der Waals surface area contributed by atoms with Crippen molar-refractivity contribution in [2.24, 2.45) is 0 Å². The summed E-state index contributed by atoms with van der Waals surface area (Å²) in [6, 6.07) is 16.9. The van der Waals surface area contributed by atoms with Crippen LogP contribution in [-0.4, -0.2) is 16.1 Å². The highest BCUT2D eigenvalue weighted by molar-refractivity contribution is 6.35. The first-order valence-electron chi connectivity index (χ1n) is 7.42. The van der Waals surface area contributed by atoms with Crippen LogP contribution in [0, 0.1) is 11.3 Å². The highest BCUT2D eigenvalue weighted by Crippen LogP contribution is 2.23. The van der Waals surface area contributed by atoms with E-state index in [9.17, 15) is 4.79 Å². The van der Waals surface area contributed by atoms with Crippen molar-refractivity contribution < 1.29 is 4.79 Å². The van der Waals surface area contributed by atoms with Crippen LogP contribution in [0.2, 0.25) is 10.0 Å². The van der Waals surface area contributed by atoms with Gasteiger partial charge in [-0.15, -0.1) is 10.2 Å². The van der Waals surface area contributed by atoms with E-state index in [-0.39, 0.29) is 5.69 Å². The number of nitrogens with zero attached hydrogens (tertiary/aromatic N) is 3. The summed E-state index contributed by atoms with van der Waals surface area (Å²) in [4.78, 5) is 12.2. The fraction of sp³-hybridized carbons (Fsp3) is 0. The van der Waals surface area contributed by atoms with Crippen LogP contribution in [0.3, 0.4) is 0 Å². The van der Waals surface area contributed by atoms with Crippen LogP contribution >= 0.6 is 23.2 Å². The van der Waals surface area contributed by atoms with Crippen molar-refractivity contribution in [2.75, 3.05) is 10.6 Å². The first kappa shape index (κ1) is 17.7. The lowest BCUT2D eigenvalue weighted by Crippen LogP contribution is -2.14. The molecule has 1 heterocycles. The van der Waals surface area contributed by atoms with E-state index >= 15 is 0 Å². The monoisotopic (exact) mass is 383 g/mol.